The summed E-state index contributed by atoms with van der Waals surface area (Å²) in [6, 6.07) is 0. The fraction of sp³-hybridized carbons (Fsp3) is 0.857. The highest BCUT2D eigenvalue weighted by Crippen LogP contribution is 2.45. The van der Waals surface area contributed by atoms with Crippen LogP contribution in [-0.2, 0) is 9.59 Å². The summed E-state index contributed by atoms with van der Waals surface area (Å²) in [5, 5.41) is 0. The highest BCUT2D eigenvalue weighted by Gasteiger charge is 2.39. The molecule has 0 aliphatic heterocycles. The standard InChI is InChI=1S/C14H22O2/c1-9(15)13-4-3-5-14(10(2)16)12-7-6-11(13)8-12/h11-14H,3-8H2,1-2H3/t11-,12+,13-,14+. The van der Waals surface area contributed by atoms with Crippen LogP contribution in [-0.4, -0.2) is 11.6 Å². The highest BCUT2D eigenvalue weighted by atomic mass is 16.1. The third kappa shape index (κ3) is 2.21. The van der Waals surface area contributed by atoms with Crippen molar-refractivity contribution in [1.82, 2.24) is 0 Å². The van der Waals surface area contributed by atoms with Crippen molar-refractivity contribution in [2.24, 2.45) is 23.7 Å². The average Bonchev–Trinajstić information content (AvgIpc) is 2.63. The molecule has 16 heavy (non-hydrogen) atoms. The summed E-state index contributed by atoms with van der Waals surface area (Å²) in [4.78, 5) is 23.2. The maximum Gasteiger partial charge on any atom is 0.133 e. The van der Waals surface area contributed by atoms with Crippen molar-refractivity contribution in [3.8, 4) is 0 Å². The molecule has 0 saturated heterocycles. The predicted octanol–water partition coefficient (Wildman–Crippen LogP) is 3.00. The lowest BCUT2D eigenvalue weighted by Crippen LogP contribution is -2.26. The minimum atomic E-state index is 0.290. The summed E-state index contributed by atoms with van der Waals surface area (Å²) in [5.41, 5.74) is 0. The van der Waals surface area contributed by atoms with Crippen LogP contribution < -0.4 is 0 Å². The van der Waals surface area contributed by atoms with Crippen LogP contribution in [0.5, 0.6) is 0 Å². The van der Waals surface area contributed by atoms with Crippen LogP contribution in [0.3, 0.4) is 0 Å². The largest absolute Gasteiger partial charge is 0.300 e. The second kappa shape index (κ2) is 4.68. The molecule has 2 fully saturated rings. The Morgan fingerprint density at radius 1 is 0.812 bits per heavy atom. The zero-order valence-corrected chi connectivity index (χ0v) is 10.4. The van der Waals surface area contributed by atoms with E-state index in [-0.39, 0.29) is 11.8 Å². The third-order valence-corrected chi connectivity index (χ3v) is 4.73. The summed E-state index contributed by atoms with van der Waals surface area (Å²) in [7, 11) is 0. The molecule has 0 radical (unpaired) electrons. The van der Waals surface area contributed by atoms with Crippen LogP contribution in [0.15, 0.2) is 0 Å². The van der Waals surface area contributed by atoms with E-state index in [1.807, 2.05) is 0 Å². The molecule has 0 aromatic heterocycles. The van der Waals surface area contributed by atoms with Crippen molar-refractivity contribution in [3.63, 3.8) is 0 Å². The third-order valence-electron chi connectivity index (χ3n) is 4.73. The first-order valence-corrected chi connectivity index (χ1v) is 6.60. The van der Waals surface area contributed by atoms with E-state index in [4.69, 9.17) is 0 Å². The first kappa shape index (κ1) is 11.8. The molecule has 2 nitrogen and oxygen atoms in total. The van der Waals surface area contributed by atoms with Crippen molar-refractivity contribution >= 4 is 11.6 Å². The van der Waals surface area contributed by atoms with Crippen molar-refractivity contribution in [2.75, 3.05) is 0 Å². The summed E-state index contributed by atoms with van der Waals surface area (Å²) in [6.45, 7) is 3.48. The molecule has 90 valence electrons. The van der Waals surface area contributed by atoms with Gasteiger partial charge in [0, 0.05) is 11.8 Å². The van der Waals surface area contributed by atoms with Gasteiger partial charge in [0.15, 0.2) is 0 Å². The zero-order valence-electron chi connectivity index (χ0n) is 10.4. The van der Waals surface area contributed by atoms with Gasteiger partial charge in [-0.3, -0.25) is 9.59 Å². The Labute approximate surface area is 97.8 Å². The highest BCUT2D eigenvalue weighted by molar-refractivity contribution is 5.80. The first-order chi connectivity index (χ1) is 7.59. The van der Waals surface area contributed by atoms with Gasteiger partial charge in [0.1, 0.15) is 11.6 Å². The molecule has 2 aliphatic carbocycles. The summed E-state index contributed by atoms with van der Waals surface area (Å²) in [5.74, 6) is 2.46. The lowest BCUT2D eigenvalue weighted by molar-refractivity contribution is -0.123. The van der Waals surface area contributed by atoms with Crippen LogP contribution in [0.2, 0.25) is 0 Å². The summed E-state index contributed by atoms with van der Waals surface area (Å²) in [6.07, 6.45) is 6.53. The smallest absolute Gasteiger partial charge is 0.133 e. The maximum absolute atomic E-state index is 11.6. The zero-order chi connectivity index (χ0) is 11.7. The van der Waals surface area contributed by atoms with E-state index in [2.05, 4.69) is 0 Å². The van der Waals surface area contributed by atoms with Gasteiger partial charge >= 0.3 is 0 Å². The second-order valence-corrected chi connectivity index (χ2v) is 5.70. The van der Waals surface area contributed by atoms with Gasteiger partial charge in [-0.1, -0.05) is 6.42 Å². The molecule has 0 amide bonds. The van der Waals surface area contributed by atoms with Crippen LogP contribution in [0.25, 0.3) is 0 Å². The molecule has 0 heterocycles. The van der Waals surface area contributed by atoms with Gasteiger partial charge < -0.3 is 0 Å². The lowest BCUT2D eigenvalue weighted by Gasteiger charge is -2.27. The molecule has 0 aromatic rings. The van der Waals surface area contributed by atoms with E-state index in [0.29, 0.717) is 23.4 Å². The molecule has 0 aromatic carbocycles. The number of carbonyl (C=O) groups is 2. The molecule has 0 N–H and O–H groups in total. The van der Waals surface area contributed by atoms with Crippen LogP contribution in [0.4, 0.5) is 0 Å². The van der Waals surface area contributed by atoms with Gasteiger partial charge in [0.25, 0.3) is 0 Å². The number of hydrogen-bond acceptors (Lipinski definition) is 2. The first-order valence-electron chi connectivity index (χ1n) is 6.60. The number of hydrogen-bond donors (Lipinski definition) is 0. The van der Waals surface area contributed by atoms with Crippen molar-refractivity contribution < 1.29 is 9.59 Å². The molecule has 0 unspecified atom stereocenters. The SMILES string of the molecule is CC(=O)[C@H]1CCC[C@@H](C(C)=O)[C@H]2CC[C@@H]1C2. The predicted molar refractivity (Wildman–Crippen MR) is 63.0 cm³/mol. The molecular weight excluding hydrogens is 200 g/mol. The number of ketones is 2. The second-order valence-electron chi connectivity index (χ2n) is 5.70. The number of rotatable bonds is 2. The van der Waals surface area contributed by atoms with E-state index < -0.39 is 0 Å². The Balaban J connectivity index is 2.10. The van der Waals surface area contributed by atoms with Gasteiger partial charge in [-0.25, -0.2) is 0 Å². The Morgan fingerprint density at radius 3 is 1.62 bits per heavy atom. The normalized spacial score (nSPS) is 38.9. The van der Waals surface area contributed by atoms with E-state index in [0.717, 1.165) is 25.7 Å². The molecule has 2 saturated carbocycles. The van der Waals surface area contributed by atoms with Crippen LogP contribution >= 0.6 is 0 Å². The molecular formula is C14H22O2. The average molecular weight is 222 g/mol. The molecule has 2 heteroatoms. The Hall–Kier alpha value is -0.660. The van der Waals surface area contributed by atoms with Crippen molar-refractivity contribution in [2.45, 2.75) is 52.4 Å². The summed E-state index contributed by atoms with van der Waals surface area (Å²) < 4.78 is 0. The van der Waals surface area contributed by atoms with E-state index in [1.54, 1.807) is 13.8 Å². The van der Waals surface area contributed by atoms with Gasteiger partial charge in [0.05, 0.1) is 0 Å². The Morgan fingerprint density at radius 2 is 1.25 bits per heavy atom. The molecule has 4 atom stereocenters. The van der Waals surface area contributed by atoms with Gasteiger partial charge in [-0.15, -0.1) is 0 Å². The lowest BCUT2D eigenvalue weighted by atomic mass is 9.76. The molecule has 2 rings (SSSR count). The number of carbonyl (C=O) groups excluding carboxylic acids is 2. The van der Waals surface area contributed by atoms with E-state index in [1.165, 1.54) is 12.8 Å². The minimum Gasteiger partial charge on any atom is -0.300 e. The molecule has 2 aliphatic rings. The van der Waals surface area contributed by atoms with Crippen molar-refractivity contribution in [1.29, 1.82) is 0 Å². The Bertz CT molecular complexity index is 267. The number of fused-ring (bicyclic) bond motifs is 2. The van der Waals surface area contributed by atoms with Gasteiger partial charge in [-0.05, 0) is 57.8 Å². The minimum absolute atomic E-state index is 0.290. The molecule has 0 spiro atoms. The van der Waals surface area contributed by atoms with Gasteiger partial charge in [0.2, 0.25) is 0 Å². The van der Waals surface area contributed by atoms with Crippen LogP contribution in [0.1, 0.15) is 52.4 Å². The monoisotopic (exact) mass is 222 g/mol. The fourth-order valence-corrected chi connectivity index (χ4v) is 3.88. The maximum atomic E-state index is 11.6. The van der Waals surface area contributed by atoms with Gasteiger partial charge in [-0.2, -0.15) is 0 Å². The summed E-state index contributed by atoms with van der Waals surface area (Å²) >= 11 is 0. The quantitative estimate of drug-likeness (QED) is 0.719. The van der Waals surface area contributed by atoms with E-state index in [9.17, 15) is 9.59 Å². The van der Waals surface area contributed by atoms with Crippen molar-refractivity contribution in [3.05, 3.63) is 0 Å². The molecule has 2 bridgehead atoms. The fourth-order valence-electron chi connectivity index (χ4n) is 3.88. The topological polar surface area (TPSA) is 34.1 Å². The Kier molecular flexibility index (Phi) is 3.46. The van der Waals surface area contributed by atoms with Crippen LogP contribution in [0, 0.1) is 23.7 Å². The van der Waals surface area contributed by atoms with E-state index >= 15 is 0 Å². The number of Topliss-reactive ketones (excluding diaryl/α,β-unsaturated/α-hetero) is 2.